The minimum Gasteiger partial charge on any atom is -0.301 e. The molecule has 0 spiro atoms. The van der Waals surface area contributed by atoms with E-state index in [4.69, 9.17) is 5.26 Å². The van der Waals surface area contributed by atoms with Gasteiger partial charge in [-0.2, -0.15) is 5.26 Å². The van der Waals surface area contributed by atoms with E-state index in [1.807, 2.05) is 6.07 Å². The lowest BCUT2D eigenvalue weighted by molar-refractivity contribution is -0.383. The first-order chi connectivity index (χ1) is 7.61. The molecule has 0 radical (unpaired) electrons. The number of aryl methyl sites for hydroxylation is 1. The van der Waals surface area contributed by atoms with Crippen molar-refractivity contribution in [2.24, 2.45) is 0 Å². The molecule has 0 aliphatic heterocycles. The van der Waals surface area contributed by atoms with Gasteiger partial charge in [-0.1, -0.05) is 0 Å². The van der Waals surface area contributed by atoms with E-state index in [1.165, 1.54) is 6.07 Å². The summed E-state index contributed by atoms with van der Waals surface area (Å²) >= 11 is 0. The summed E-state index contributed by atoms with van der Waals surface area (Å²) in [5.74, 6) is 0. The molecule has 0 atom stereocenters. The largest absolute Gasteiger partial charge is 0.312 e. The summed E-state index contributed by atoms with van der Waals surface area (Å²) in [5.41, 5.74) is 1.56. The number of fused-ring (bicyclic) bond motifs is 1. The van der Waals surface area contributed by atoms with Crippen molar-refractivity contribution < 1.29 is 4.92 Å². The Bertz CT molecular complexity index is 609. The van der Waals surface area contributed by atoms with Crippen LogP contribution in [0.4, 0.5) is 5.69 Å². The number of rotatable bonds is 2. The zero-order chi connectivity index (χ0) is 11.7. The maximum Gasteiger partial charge on any atom is 0.312 e. The van der Waals surface area contributed by atoms with Crippen molar-refractivity contribution in [2.45, 2.75) is 13.3 Å². The highest BCUT2D eigenvalue weighted by atomic mass is 16.6. The third-order valence-corrected chi connectivity index (χ3v) is 2.18. The predicted octanol–water partition coefficient (Wildman–Crippen LogP) is 1.62. The predicted molar refractivity (Wildman–Crippen MR) is 55.9 cm³/mol. The van der Waals surface area contributed by atoms with E-state index in [0.717, 1.165) is 5.56 Å². The first kappa shape index (κ1) is 10.1. The topological polar surface area (TPSA) is 84.2 Å². The maximum absolute atomic E-state index is 10.8. The molecule has 16 heavy (non-hydrogen) atoms. The molecule has 2 rings (SSSR count). The number of nitro groups is 1. The van der Waals surface area contributed by atoms with Gasteiger partial charge < -0.3 is 4.40 Å². The Morgan fingerprint density at radius 3 is 3.00 bits per heavy atom. The first-order valence-corrected chi connectivity index (χ1v) is 4.61. The average molecular weight is 216 g/mol. The monoisotopic (exact) mass is 216 g/mol. The third-order valence-electron chi connectivity index (χ3n) is 2.18. The highest BCUT2D eigenvalue weighted by Gasteiger charge is 2.15. The van der Waals surface area contributed by atoms with E-state index in [0.29, 0.717) is 5.69 Å². The van der Waals surface area contributed by atoms with E-state index in [9.17, 15) is 10.1 Å². The number of pyridine rings is 1. The maximum atomic E-state index is 10.8. The highest BCUT2D eigenvalue weighted by Crippen LogP contribution is 2.20. The van der Waals surface area contributed by atoms with Gasteiger partial charge in [0.05, 0.1) is 23.1 Å². The fourth-order valence-electron chi connectivity index (χ4n) is 1.57. The van der Waals surface area contributed by atoms with Crippen molar-refractivity contribution in [1.29, 1.82) is 5.26 Å². The van der Waals surface area contributed by atoms with Gasteiger partial charge in [0.15, 0.2) is 0 Å². The van der Waals surface area contributed by atoms with Crippen LogP contribution in [0.1, 0.15) is 11.3 Å². The van der Waals surface area contributed by atoms with E-state index < -0.39 is 4.92 Å². The van der Waals surface area contributed by atoms with Gasteiger partial charge in [-0.3, -0.25) is 10.1 Å². The summed E-state index contributed by atoms with van der Waals surface area (Å²) in [6.07, 6.45) is 3.53. The van der Waals surface area contributed by atoms with Gasteiger partial charge in [0, 0.05) is 18.5 Å². The van der Waals surface area contributed by atoms with Gasteiger partial charge >= 0.3 is 5.69 Å². The Balaban J connectivity index is 2.71. The SMILES string of the molecule is Cc1cc([N+](=O)[O-])c2nc(CC#N)cn2c1. The highest BCUT2D eigenvalue weighted by molar-refractivity contribution is 5.61. The number of aromatic nitrogens is 2. The molecular formula is C10H8N4O2. The van der Waals surface area contributed by atoms with Crippen LogP contribution in [0.25, 0.3) is 5.65 Å². The van der Waals surface area contributed by atoms with Crippen LogP contribution in [0.2, 0.25) is 0 Å². The molecule has 2 heterocycles. The van der Waals surface area contributed by atoms with E-state index >= 15 is 0 Å². The van der Waals surface area contributed by atoms with Crippen LogP contribution >= 0.6 is 0 Å². The first-order valence-electron chi connectivity index (χ1n) is 4.61. The number of hydrogen-bond acceptors (Lipinski definition) is 4. The molecular weight excluding hydrogens is 208 g/mol. The van der Waals surface area contributed by atoms with Crippen molar-refractivity contribution >= 4 is 11.3 Å². The van der Waals surface area contributed by atoms with Crippen molar-refractivity contribution in [1.82, 2.24) is 9.38 Å². The molecule has 0 amide bonds. The summed E-state index contributed by atoms with van der Waals surface area (Å²) in [4.78, 5) is 14.4. The molecule has 6 nitrogen and oxygen atoms in total. The fourth-order valence-corrected chi connectivity index (χ4v) is 1.57. The van der Waals surface area contributed by atoms with Gasteiger partial charge in [0.25, 0.3) is 0 Å². The zero-order valence-electron chi connectivity index (χ0n) is 8.54. The van der Waals surface area contributed by atoms with Crippen LogP contribution in [-0.4, -0.2) is 14.3 Å². The number of imidazole rings is 1. The minimum atomic E-state index is -0.467. The standard InChI is InChI=1S/C10H8N4O2/c1-7-4-9(14(15)16)10-12-8(2-3-11)6-13(10)5-7/h4-6H,2H2,1H3. The summed E-state index contributed by atoms with van der Waals surface area (Å²) < 4.78 is 1.58. The quantitative estimate of drug-likeness (QED) is 0.564. The number of hydrogen-bond donors (Lipinski definition) is 0. The Hall–Kier alpha value is -2.42. The number of nitriles is 1. The molecule has 0 fully saturated rings. The zero-order valence-corrected chi connectivity index (χ0v) is 8.54. The van der Waals surface area contributed by atoms with Crippen LogP contribution < -0.4 is 0 Å². The lowest BCUT2D eigenvalue weighted by Gasteiger charge is -1.97. The Labute approximate surface area is 90.9 Å². The van der Waals surface area contributed by atoms with E-state index in [2.05, 4.69) is 4.98 Å². The molecule has 0 N–H and O–H groups in total. The second kappa shape index (κ2) is 3.62. The second-order valence-corrected chi connectivity index (χ2v) is 3.46. The normalized spacial score (nSPS) is 10.2. The molecule has 80 valence electrons. The number of nitrogens with zero attached hydrogens (tertiary/aromatic N) is 4. The van der Waals surface area contributed by atoms with Crippen LogP contribution in [0.5, 0.6) is 0 Å². The second-order valence-electron chi connectivity index (χ2n) is 3.46. The van der Waals surface area contributed by atoms with Crippen molar-refractivity contribution in [3.05, 3.63) is 39.8 Å². The molecule has 2 aromatic heterocycles. The summed E-state index contributed by atoms with van der Waals surface area (Å²) in [5, 5.41) is 19.4. The molecule has 0 unspecified atom stereocenters. The molecule has 0 aromatic carbocycles. The summed E-state index contributed by atoms with van der Waals surface area (Å²) in [6.45, 7) is 1.77. The summed E-state index contributed by atoms with van der Waals surface area (Å²) in [7, 11) is 0. The Morgan fingerprint density at radius 1 is 1.62 bits per heavy atom. The molecule has 2 aromatic rings. The Morgan fingerprint density at radius 2 is 2.38 bits per heavy atom. The van der Waals surface area contributed by atoms with Crippen molar-refractivity contribution in [3.63, 3.8) is 0 Å². The van der Waals surface area contributed by atoms with Gasteiger partial charge in [0.1, 0.15) is 0 Å². The lowest BCUT2D eigenvalue weighted by Crippen LogP contribution is -1.94. The van der Waals surface area contributed by atoms with Crippen LogP contribution in [0.3, 0.4) is 0 Å². The van der Waals surface area contributed by atoms with Crippen LogP contribution in [-0.2, 0) is 6.42 Å². The van der Waals surface area contributed by atoms with Gasteiger partial charge in [0.2, 0.25) is 5.65 Å². The van der Waals surface area contributed by atoms with Crippen molar-refractivity contribution in [2.75, 3.05) is 0 Å². The molecule has 0 aliphatic carbocycles. The molecule has 0 saturated carbocycles. The van der Waals surface area contributed by atoms with Gasteiger partial charge in [-0.15, -0.1) is 0 Å². The van der Waals surface area contributed by atoms with Gasteiger partial charge in [-0.25, -0.2) is 4.98 Å². The van der Waals surface area contributed by atoms with Crippen LogP contribution in [0.15, 0.2) is 18.5 Å². The molecule has 0 bridgehead atoms. The summed E-state index contributed by atoms with van der Waals surface area (Å²) in [6, 6.07) is 3.43. The molecule has 0 aliphatic rings. The lowest BCUT2D eigenvalue weighted by atomic mass is 10.3. The Kier molecular flexibility index (Phi) is 2.29. The van der Waals surface area contributed by atoms with Crippen LogP contribution in [0, 0.1) is 28.4 Å². The smallest absolute Gasteiger partial charge is 0.301 e. The molecule has 6 heteroatoms. The van der Waals surface area contributed by atoms with E-state index in [-0.39, 0.29) is 17.8 Å². The fraction of sp³-hybridized carbons (Fsp3) is 0.200. The average Bonchev–Trinajstić information content (AvgIpc) is 2.59. The minimum absolute atomic E-state index is 0.0378. The van der Waals surface area contributed by atoms with E-state index in [1.54, 1.807) is 23.7 Å². The third kappa shape index (κ3) is 1.59. The van der Waals surface area contributed by atoms with Crippen molar-refractivity contribution in [3.8, 4) is 6.07 Å². The molecule has 0 saturated heterocycles. The van der Waals surface area contributed by atoms with Gasteiger partial charge in [-0.05, 0) is 12.5 Å².